The van der Waals surface area contributed by atoms with E-state index in [9.17, 15) is 0 Å². The predicted octanol–water partition coefficient (Wildman–Crippen LogP) is 3.71. The zero-order chi connectivity index (χ0) is 11.9. The maximum absolute atomic E-state index is 2.70. The van der Waals surface area contributed by atoms with Gasteiger partial charge in [0.2, 0.25) is 0 Å². The van der Waals surface area contributed by atoms with Crippen molar-refractivity contribution in [1.29, 1.82) is 0 Å². The molecule has 1 aromatic carbocycles. The molecule has 0 aromatic heterocycles. The third kappa shape index (κ3) is 1.73. The quantitative estimate of drug-likeness (QED) is 0.696. The molecular weight excluding hydrogens is 206 g/mol. The van der Waals surface area contributed by atoms with Crippen molar-refractivity contribution < 1.29 is 0 Å². The number of hydrogen-bond donors (Lipinski definition) is 0. The van der Waals surface area contributed by atoms with E-state index in [-0.39, 0.29) is 5.54 Å². The van der Waals surface area contributed by atoms with Crippen LogP contribution in [0.4, 0.5) is 0 Å². The van der Waals surface area contributed by atoms with Crippen LogP contribution >= 0.6 is 0 Å². The van der Waals surface area contributed by atoms with E-state index in [1.165, 1.54) is 24.8 Å². The van der Waals surface area contributed by atoms with Gasteiger partial charge in [0, 0.05) is 17.6 Å². The van der Waals surface area contributed by atoms with Gasteiger partial charge in [0.1, 0.15) is 0 Å². The minimum Gasteiger partial charge on any atom is -0.281 e. The monoisotopic (exact) mass is 227 g/mol. The Morgan fingerprint density at radius 1 is 1.00 bits per heavy atom. The van der Waals surface area contributed by atoms with Gasteiger partial charge in [-0.2, -0.15) is 0 Å². The van der Waals surface area contributed by atoms with Crippen molar-refractivity contribution >= 4 is 0 Å². The van der Waals surface area contributed by atoms with Gasteiger partial charge in [-0.1, -0.05) is 42.5 Å². The summed E-state index contributed by atoms with van der Waals surface area (Å²) in [6.07, 6.45) is 8.86. The first-order chi connectivity index (χ1) is 8.19. The van der Waals surface area contributed by atoms with E-state index in [4.69, 9.17) is 0 Å². The first-order valence-corrected chi connectivity index (χ1v) is 6.72. The fourth-order valence-electron chi connectivity index (χ4n) is 3.52. The maximum Gasteiger partial charge on any atom is 0.0416 e. The van der Waals surface area contributed by atoms with Gasteiger partial charge in [0.25, 0.3) is 0 Å². The Hall–Kier alpha value is -1.08. The van der Waals surface area contributed by atoms with E-state index < -0.39 is 0 Å². The summed E-state index contributed by atoms with van der Waals surface area (Å²) in [7, 11) is 0. The van der Waals surface area contributed by atoms with Gasteiger partial charge in [-0.3, -0.25) is 4.90 Å². The fourth-order valence-corrected chi connectivity index (χ4v) is 3.52. The third-order valence-electron chi connectivity index (χ3n) is 4.40. The Morgan fingerprint density at radius 2 is 1.59 bits per heavy atom. The summed E-state index contributed by atoms with van der Waals surface area (Å²) in [6, 6.07) is 12.2. The Kier molecular flexibility index (Phi) is 2.59. The summed E-state index contributed by atoms with van der Waals surface area (Å²) >= 11 is 0. The van der Waals surface area contributed by atoms with Crippen molar-refractivity contribution in [2.45, 2.75) is 50.7 Å². The van der Waals surface area contributed by atoms with Crippen molar-refractivity contribution in [2.75, 3.05) is 0 Å². The van der Waals surface area contributed by atoms with E-state index in [2.05, 4.69) is 61.2 Å². The number of rotatable bonds is 2. The van der Waals surface area contributed by atoms with E-state index in [1.807, 2.05) is 0 Å². The molecule has 0 spiro atoms. The molecule has 2 unspecified atom stereocenters. The van der Waals surface area contributed by atoms with Crippen LogP contribution < -0.4 is 0 Å². The Bertz CT molecular complexity index is 404. The van der Waals surface area contributed by atoms with Crippen LogP contribution in [0, 0.1) is 0 Å². The second-order valence-electron chi connectivity index (χ2n) is 5.78. The van der Waals surface area contributed by atoms with E-state index >= 15 is 0 Å². The summed E-state index contributed by atoms with van der Waals surface area (Å²) in [5.41, 5.74) is 1.57. The number of piperidine rings is 1. The lowest BCUT2D eigenvalue weighted by Crippen LogP contribution is -2.51. The summed E-state index contributed by atoms with van der Waals surface area (Å²) in [5.74, 6) is 0. The van der Waals surface area contributed by atoms with Crippen LogP contribution in [0.2, 0.25) is 0 Å². The highest BCUT2D eigenvalue weighted by atomic mass is 15.3. The second kappa shape index (κ2) is 3.99. The molecule has 1 nitrogen and oxygen atoms in total. The molecule has 0 N–H and O–H groups in total. The van der Waals surface area contributed by atoms with Gasteiger partial charge < -0.3 is 0 Å². The molecule has 0 amide bonds. The summed E-state index contributed by atoms with van der Waals surface area (Å²) in [5, 5.41) is 0. The first kappa shape index (κ1) is 11.0. The van der Waals surface area contributed by atoms with E-state index in [0.717, 1.165) is 0 Å². The van der Waals surface area contributed by atoms with Gasteiger partial charge in [-0.25, -0.2) is 0 Å². The average molecular weight is 227 g/mol. The number of fused-ring (bicyclic) bond motifs is 2. The van der Waals surface area contributed by atoms with Crippen LogP contribution in [0.25, 0.3) is 0 Å². The molecule has 1 aromatic rings. The molecule has 17 heavy (non-hydrogen) atoms. The Morgan fingerprint density at radius 3 is 2.18 bits per heavy atom. The lowest BCUT2D eigenvalue weighted by Gasteiger charge is -2.46. The molecule has 2 atom stereocenters. The smallest absolute Gasteiger partial charge is 0.0416 e. The maximum atomic E-state index is 2.70. The fraction of sp³-hybridized carbons (Fsp3) is 0.500. The standard InChI is InChI=1S/C16H21N/c1-16(2,13-7-4-3-5-8-13)17-14-9-6-10-15(17)12-11-14/h3-5,7-8,11-12,14-15H,6,9-10H2,1-2H3. The van der Waals surface area contributed by atoms with Crippen molar-refractivity contribution in [2.24, 2.45) is 0 Å². The highest BCUT2D eigenvalue weighted by Crippen LogP contribution is 2.40. The predicted molar refractivity (Wildman–Crippen MR) is 71.9 cm³/mol. The first-order valence-electron chi connectivity index (χ1n) is 6.72. The molecule has 1 saturated heterocycles. The Labute approximate surface area is 104 Å². The third-order valence-corrected chi connectivity index (χ3v) is 4.40. The molecule has 0 radical (unpaired) electrons. The molecule has 1 heteroatoms. The molecule has 90 valence electrons. The molecule has 2 heterocycles. The Balaban J connectivity index is 1.94. The SMILES string of the molecule is CC(C)(c1ccccc1)N1C2C=CC1CCC2. The molecular formula is C16H21N. The van der Waals surface area contributed by atoms with Crippen LogP contribution in [0.15, 0.2) is 42.5 Å². The van der Waals surface area contributed by atoms with Crippen LogP contribution in [0.5, 0.6) is 0 Å². The van der Waals surface area contributed by atoms with Gasteiger partial charge in [-0.15, -0.1) is 0 Å². The summed E-state index contributed by atoms with van der Waals surface area (Å²) in [6.45, 7) is 4.72. The highest BCUT2D eigenvalue weighted by Gasteiger charge is 2.41. The molecule has 2 bridgehead atoms. The van der Waals surface area contributed by atoms with Crippen molar-refractivity contribution in [3.8, 4) is 0 Å². The molecule has 1 fully saturated rings. The van der Waals surface area contributed by atoms with Crippen molar-refractivity contribution in [3.05, 3.63) is 48.0 Å². The number of nitrogens with zero attached hydrogens (tertiary/aromatic N) is 1. The van der Waals surface area contributed by atoms with Gasteiger partial charge >= 0.3 is 0 Å². The van der Waals surface area contributed by atoms with Crippen LogP contribution in [0.1, 0.15) is 38.7 Å². The van der Waals surface area contributed by atoms with Gasteiger partial charge in [-0.05, 0) is 38.7 Å². The van der Waals surface area contributed by atoms with E-state index in [1.54, 1.807) is 0 Å². The summed E-state index contributed by atoms with van der Waals surface area (Å²) < 4.78 is 0. The van der Waals surface area contributed by atoms with Crippen LogP contribution in [-0.2, 0) is 5.54 Å². The molecule has 0 saturated carbocycles. The zero-order valence-electron chi connectivity index (χ0n) is 10.8. The minimum absolute atomic E-state index is 0.139. The normalized spacial score (nSPS) is 28.6. The summed E-state index contributed by atoms with van der Waals surface area (Å²) in [4.78, 5) is 2.70. The lowest BCUT2D eigenvalue weighted by atomic mass is 9.87. The number of benzene rings is 1. The van der Waals surface area contributed by atoms with Gasteiger partial charge in [0.15, 0.2) is 0 Å². The topological polar surface area (TPSA) is 3.24 Å². The molecule has 2 aliphatic heterocycles. The average Bonchev–Trinajstić information content (AvgIpc) is 2.62. The molecule has 3 rings (SSSR count). The largest absolute Gasteiger partial charge is 0.281 e. The molecule has 0 aliphatic carbocycles. The van der Waals surface area contributed by atoms with Crippen LogP contribution in [-0.4, -0.2) is 17.0 Å². The minimum atomic E-state index is 0.139. The highest BCUT2D eigenvalue weighted by molar-refractivity contribution is 5.27. The zero-order valence-corrected chi connectivity index (χ0v) is 10.8. The van der Waals surface area contributed by atoms with Crippen molar-refractivity contribution in [1.82, 2.24) is 4.90 Å². The molecule has 2 aliphatic rings. The second-order valence-corrected chi connectivity index (χ2v) is 5.78. The van der Waals surface area contributed by atoms with E-state index in [0.29, 0.717) is 12.1 Å². The lowest BCUT2D eigenvalue weighted by molar-refractivity contribution is 0.0409. The van der Waals surface area contributed by atoms with Crippen LogP contribution in [0.3, 0.4) is 0 Å². The number of hydrogen-bond acceptors (Lipinski definition) is 1. The van der Waals surface area contributed by atoms with Gasteiger partial charge in [0.05, 0.1) is 0 Å². The van der Waals surface area contributed by atoms with Crippen molar-refractivity contribution in [3.63, 3.8) is 0 Å².